The molecule has 1 rings (SSSR count). The van der Waals surface area contributed by atoms with Crippen molar-refractivity contribution in [1.82, 2.24) is 0 Å². The molecule has 0 spiro atoms. The van der Waals surface area contributed by atoms with Gasteiger partial charge in [0.1, 0.15) is 5.60 Å². The lowest BCUT2D eigenvalue weighted by atomic mass is 9.80. The molecule has 0 fully saturated rings. The van der Waals surface area contributed by atoms with E-state index in [2.05, 4.69) is 19.5 Å². The van der Waals surface area contributed by atoms with Crippen LogP contribution >= 0.6 is 0 Å². The van der Waals surface area contributed by atoms with Gasteiger partial charge in [0.05, 0.1) is 43.1 Å². The van der Waals surface area contributed by atoms with E-state index in [0.29, 0.717) is 0 Å². The minimum absolute atomic E-state index is 0.291. The van der Waals surface area contributed by atoms with Gasteiger partial charge in [-0.2, -0.15) is 0 Å². The highest BCUT2D eigenvalue weighted by atomic mass is 16.6. The number of carbonyl (C=O) groups excluding carboxylic acids is 4. The van der Waals surface area contributed by atoms with Crippen molar-refractivity contribution in [2.45, 2.75) is 38.7 Å². The van der Waals surface area contributed by atoms with Gasteiger partial charge in [0.15, 0.2) is 5.41 Å². The maximum atomic E-state index is 12.5. The molecule has 0 heterocycles. The molecule has 0 unspecified atom stereocenters. The molecule has 0 aliphatic heterocycles. The lowest BCUT2D eigenvalue weighted by molar-refractivity contribution is -0.386. The first-order valence-corrected chi connectivity index (χ1v) is 8.81. The summed E-state index contributed by atoms with van der Waals surface area (Å²) < 4.78 is 19.0. The van der Waals surface area contributed by atoms with Gasteiger partial charge in [0, 0.05) is 6.07 Å². The molecule has 12 heteroatoms. The van der Waals surface area contributed by atoms with Gasteiger partial charge in [-0.3, -0.25) is 25.0 Å². The van der Waals surface area contributed by atoms with Crippen LogP contribution in [0.15, 0.2) is 12.1 Å². The Morgan fingerprint density at radius 2 is 1.45 bits per heavy atom. The number of anilines is 1. The summed E-state index contributed by atoms with van der Waals surface area (Å²) in [5.41, 5.74) is -5.12. The second-order valence-electron chi connectivity index (χ2n) is 7.40. The highest BCUT2D eigenvalue weighted by molar-refractivity contribution is 6.08. The van der Waals surface area contributed by atoms with Gasteiger partial charge in [0.2, 0.25) is 0 Å². The third-order valence-electron chi connectivity index (χ3n) is 4.10. The van der Waals surface area contributed by atoms with Crippen LogP contribution in [0.1, 0.15) is 43.6 Å². The maximum absolute atomic E-state index is 12.5. The number of nitro groups is 1. The van der Waals surface area contributed by atoms with Crippen molar-refractivity contribution in [2.24, 2.45) is 0 Å². The number of hydrogen-bond donors (Lipinski definition) is 1. The number of benzene rings is 1. The quantitative estimate of drug-likeness (QED) is 0.228. The monoisotopic (exact) mass is 440 g/mol. The zero-order chi connectivity index (χ0) is 24.1. The van der Waals surface area contributed by atoms with Crippen molar-refractivity contribution in [3.63, 3.8) is 0 Å². The molecule has 0 radical (unpaired) electrons. The van der Waals surface area contributed by atoms with Gasteiger partial charge in [-0.15, -0.1) is 0 Å². The largest absolute Gasteiger partial charge is 0.468 e. The normalized spacial score (nSPS) is 11.2. The van der Waals surface area contributed by atoms with Crippen LogP contribution in [0.3, 0.4) is 0 Å². The Morgan fingerprint density at radius 1 is 0.935 bits per heavy atom. The molecule has 0 aliphatic rings. The van der Waals surface area contributed by atoms with E-state index in [4.69, 9.17) is 4.74 Å². The molecule has 170 valence electrons. The Morgan fingerprint density at radius 3 is 1.84 bits per heavy atom. The second-order valence-corrected chi connectivity index (χ2v) is 7.40. The molecule has 1 amide bonds. The highest BCUT2D eigenvalue weighted by Crippen LogP contribution is 2.38. The molecule has 1 aromatic rings. The zero-order valence-electron chi connectivity index (χ0n) is 18.2. The van der Waals surface area contributed by atoms with Crippen LogP contribution < -0.4 is 5.32 Å². The van der Waals surface area contributed by atoms with Crippen LogP contribution in [0.25, 0.3) is 0 Å². The Kier molecular flexibility index (Phi) is 7.69. The number of methoxy groups -OCH3 is 3. The number of esters is 3. The van der Waals surface area contributed by atoms with Crippen molar-refractivity contribution in [2.75, 3.05) is 26.6 Å². The third-order valence-corrected chi connectivity index (χ3v) is 4.10. The molecule has 0 aromatic heterocycles. The SMILES string of the molecule is COC(=O)c1cc([N+](=O)[O-])c(C(C)(C(=O)OC)C(=O)OC)cc1NC(=O)OC(C)(C)C. The highest BCUT2D eigenvalue weighted by Gasteiger charge is 2.50. The Bertz CT molecular complexity index is 901. The first-order chi connectivity index (χ1) is 14.2. The van der Waals surface area contributed by atoms with Crippen LogP contribution in [0.4, 0.5) is 16.2 Å². The van der Waals surface area contributed by atoms with Gasteiger partial charge in [-0.1, -0.05) is 0 Å². The smallest absolute Gasteiger partial charge is 0.412 e. The molecule has 0 aliphatic carbocycles. The number of rotatable bonds is 6. The molecule has 31 heavy (non-hydrogen) atoms. The third kappa shape index (κ3) is 5.47. The molecule has 1 N–H and O–H groups in total. The van der Waals surface area contributed by atoms with Crippen molar-refractivity contribution in [1.29, 1.82) is 0 Å². The second kappa shape index (κ2) is 9.41. The van der Waals surface area contributed by atoms with Gasteiger partial charge >= 0.3 is 24.0 Å². The molecule has 0 saturated carbocycles. The molecule has 0 bridgehead atoms. The van der Waals surface area contributed by atoms with E-state index >= 15 is 0 Å². The summed E-state index contributed by atoms with van der Waals surface area (Å²) in [5.74, 6) is -3.33. The fourth-order valence-electron chi connectivity index (χ4n) is 2.65. The predicted octanol–water partition coefficient (Wildman–Crippen LogP) is 2.33. The summed E-state index contributed by atoms with van der Waals surface area (Å²) in [6.45, 7) is 5.85. The lowest BCUT2D eigenvalue weighted by Gasteiger charge is -2.25. The molecule has 0 atom stereocenters. The fourth-order valence-corrected chi connectivity index (χ4v) is 2.65. The number of carbonyl (C=O) groups is 4. The van der Waals surface area contributed by atoms with Crippen LogP contribution in [0.2, 0.25) is 0 Å². The first kappa shape index (κ1) is 25.3. The summed E-state index contributed by atoms with van der Waals surface area (Å²) in [7, 11) is 3.00. The molecular weight excluding hydrogens is 416 g/mol. The van der Waals surface area contributed by atoms with E-state index in [1.54, 1.807) is 20.8 Å². The average molecular weight is 440 g/mol. The zero-order valence-corrected chi connectivity index (χ0v) is 18.2. The van der Waals surface area contributed by atoms with Crippen LogP contribution in [-0.4, -0.2) is 55.9 Å². The van der Waals surface area contributed by atoms with E-state index in [0.717, 1.165) is 40.4 Å². The maximum Gasteiger partial charge on any atom is 0.412 e. The lowest BCUT2D eigenvalue weighted by Crippen LogP contribution is -2.43. The number of nitrogens with zero attached hydrogens (tertiary/aromatic N) is 1. The summed E-state index contributed by atoms with van der Waals surface area (Å²) in [5, 5.41) is 14.0. The van der Waals surface area contributed by atoms with Gasteiger partial charge < -0.3 is 18.9 Å². The van der Waals surface area contributed by atoms with Crippen LogP contribution in [0.5, 0.6) is 0 Å². The first-order valence-electron chi connectivity index (χ1n) is 8.81. The van der Waals surface area contributed by atoms with Crippen molar-refractivity contribution >= 4 is 35.4 Å². The van der Waals surface area contributed by atoms with E-state index < -0.39 is 56.8 Å². The summed E-state index contributed by atoms with van der Waals surface area (Å²) >= 11 is 0. The standard InChI is InChI=1S/C19H24N2O10/c1-18(2,3)31-17(25)20-12-9-11(19(4,15(23)29-6)16(24)30-7)13(21(26)27)8-10(12)14(22)28-5/h8-9H,1-7H3,(H,20,25). The molecule has 12 nitrogen and oxygen atoms in total. The van der Waals surface area contributed by atoms with Crippen molar-refractivity contribution in [3.05, 3.63) is 33.4 Å². The molecule has 0 saturated heterocycles. The average Bonchev–Trinajstić information content (AvgIpc) is 2.69. The van der Waals surface area contributed by atoms with E-state index in [1.807, 2.05) is 0 Å². The minimum Gasteiger partial charge on any atom is -0.468 e. The van der Waals surface area contributed by atoms with E-state index in [1.165, 1.54) is 0 Å². The minimum atomic E-state index is -2.29. The Labute approximate surface area is 177 Å². The summed E-state index contributed by atoms with van der Waals surface area (Å²) in [6.07, 6.45) is -0.990. The number of nitro benzene ring substituents is 1. The topological polar surface area (TPSA) is 160 Å². The van der Waals surface area contributed by atoms with Crippen LogP contribution in [0, 0.1) is 10.1 Å². The van der Waals surface area contributed by atoms with Gasteiger partial charge in [0.25, 0.3) is 5.69 Å². The fraction of sp³-hybridized carbons (Fsp3) is 0.474. The van der Waals surface area contributed by atoms with E-state index in [-0.39, 0.29) is 5.69 Å². The van der Waals surface area contributed by atoms with Crippen molar-refractivity contribution < 1.29 is 43.0 Å². The molecular formula is C19H24N2O10. The van der Waals surface area contributed by atoms with E-state index in [9.17, 15) is 29.3 Å². The number of nitrogens with one attached hydrogen (secondary N) is 1. The number of amides is 1. The van der Waals surface area contributed by atoms with Crippen molar-refractivity contribution in [3.8, 4) is 0 Å². The Hall–Kier alpha value is -3.70. The van der Waals surface area contributed by atoms with Gasteiger partial charge in [-0.25, -0.2) is 9.59 Å². The summed E-state index contributed by atoms with van der Waals surface area (Å²) in [6, 6.07) is 1.71. The molecule has 1 aromatic carbocycles. The predicted molar refractivity (Wildman–Crippen MR) is 106 cm³/mol. The summed E-state index contributed by atoms with van der Waals surface area (Å²) in [4.78, 5) is 60.2. The number of ether oxygens (including phenoxy) is 4. The van der Waals surface area contributed by atoms with Gasteiger partial charge in [-0.05, 0) is 33.8 Å². The number of hydrogen-bond acceptors (Lipinski definition) is 10. The van der Waals surface area contributed by atoms with Crippen LogP contribution in [-0.2, 0) is 34.0 Å². The Balaban J connectivity index is 3.87.